The molecule has 2 aromatic carbocycles. The highest BCUT2D eigenvalue weighted by molar-refractivity contribution is 5.94. The van der Waals surface area contributed by atoms with Crippen LogP contribution in [0.2, 0.25) is 0 Å². The molecule has 0 radical (unpaired) electrons. The van der Waals surface area contributed by atoms with E-state index in [2.05, 4.69) is 15.1 Å². The normalized spacial score (nSPS) is 19.0. The molecule has 1 N–H and O–H groups in total. The Labute approximate surface area is 197 Å². The fraction of sp³-hybridized carbons (Fsp3) is 0.480. The van der Waals surface area contributed by atoms with Gasteiger partial charge in [-0.2, -0.15) is 13.2 Å². The number of hydrogen-bond acceptors (Lipinski definition) is 5. The molecule has 0 spiro atoms. The molecular weight excluding hydrogens is 447 g/mol. The van der Waals surface area contributed by atoms with Crippen molar-refractivity contribution in [2.45, 2.75) is 18.8 Å². The van der Waals surface area contributed by atoms with E-state index >= 15 is 0 Å². The van der Waals surface area contributed by atoms with Crippen LogP contribution in [-0.4, -0.2) is 74.9 Å². The molecule has 1 atom stereocenters. The fourth-order valence-corrected chi connectivity index (χ4v) is 4.36. The molecule has 4 rings (SSSR count). The minimum absolute atomic E-state index is 0.200. The standard InChI is InChI=1S/C25H30F3N3O3/c26-25(27,28)22-6-4-20(5-7-22)23(31-10-14-34-15-11-31)17-29-24(32)21-3-1-2-19(16-21)18-30-8-12-33-13-9-30/h1-7,16,23H,8-15,17-18H2,(H,29,32). The second kappa shape index (κ2) is 11.3. The second-order valence-corrected chi connectivity index (χ2v) is 8.58. The van der Waals surface area contributed by atoms with Gasteiger partial charge in [-0.1, -0.05) is 24.3 Å². The number of carbonyl (C=O) groups is 1. The maximum absolute atomic E-state index is 13.0. The lowest BCUT2D eigenvalue weighted by atomic mass is 10.0. The Morgan fingerprint density at radius 2 is 1.59 bits per heavy atom. The summed E-state index contributed by atoms with van der Waals surface area (Å²) < 4.78 is 49.8. The van der Waals surface area contributed by atoms with Crippen LogP contribution in [0.15, 0.2) is 48.5 Å². The zero-order valence-electron chi connectivity index (χ0n) is 19.0. The van der Waals surface area contributed by atoms with Gasteiger partial charge in [-0.15, -0.1) is 0 Å². The second-order valence-electron chi connectivity index (χ2n) is 8.58. The summed E-state index contributed by atoms with van der Waals surface area (Å²) in [6.07, 6.45) is -4.38. The van der Waals surface area contributed by atoms with Crippen LogP contribution >= 0.6 is 0 Å². The number of halogens is 3. The smallest absolute Gasteiger partial charge is 0.379 e. The lowest BCUT2D eigenvalue weighted by Crippen LogP contribution is -2.43. The number of alkyl halides is 3. The van der Waals surface area contributed by atoms with Crippen LogP contribution in [-0.2, 0) is 22.2 Å². The summed E-state index contributed by atoms with van der Waals surface area (Å²) in [5.41, 5.74) is 1.68. The first kappa shape index (κ1) is 24.7. The summed E-state index contributed by atoms with van der Waals surface area (Å²) in [5, 5.41) is 2.99. The lowest BCUT2D eigenvalue weighted by Gasteiger charge is -2.35. The first-order valence-corrected chi connectivity index (χ1v) is 11.6. The molecule has 2 aliphatic heterocycles. The van der Waals surface area contributed by atoms with Gasteiger partial charge in [0.05, 0.1) is 38.0 Å². The summed E-state index contributed by atoms with van der Waals surface area (Å²) in [6.45, 7) is 6.61. The molecule has 0 bridgehead atoms. The van der Waals surface area contributed by atoms with E-state index in [0.717, 1.165) is 42.9 Å². The van der Waals surface area contributed by atoms with Crippen molar-refractivity contribution >= 4 is 5.91 Å². The van der Waals surface area contributed by atoms with E-state index in [0.29, 0.717) is 45.1 Å². The topological polar surface area (TPSA) is 54.0 Å². The van der Waals surface area contributed by atoms with E-state index < -0.39 is 11.7 Å². The third kappa shape index (κ3) is 6.56. The minimum atomic E-state index is -4.38. The van der Waals surface area contributed by atoms with E-state index in [1.54, 1.807) is 6.07 Å². The Balaban J connectivity index is 1.43. The van der Waals surface area contributed by atoms with Gasteiger partial charge >= 0.3 is 6.18 Å². The summed E-state index contributed by atoms with van der Waals surface area (Å²) in [7, 11) is 0. The Kier molecular flexibility index (Phi) is 8.20. The van der Waals surface area contributed by atoms with Gasteiger partial charge in [-0.25, -0.2) is 0 Å². The fourth-order valence-electron chi connectivity index (χ4n) is 4.36. The predicted molar refractivity (Wildman–Crippen MR) is 121 cm³/mol. The number of benzene rings is 2. The van der Waals surface area contributed by atoms with Gasteiger partial charge in [0.15, 0.2) is 0 Å². The summed E-state index contributed by atoms with van der Waals surface area (Å²) >= 11 is 0. The average Bonchev–Trinajstić information content (AvgIpc) is 2.85. The Bertz CT molecular complexity index is 940. The molecule has 2 fully saturated rings. The number of morpholine rings is 2. The zero-order valence-corrected chi connectivity index (χ0v) is 19.0. The average molecular weight is 478 g/mol. The van der Waals surface area contributed by atoms with Gasteiger partial charge in [0.25, 0.3) is 5.91 Å². The molecule has 6 nitrogen and oxygen atoms in total. The lowest BCUT2D eigenvalue weighted by molar-refractivity contribution is -0.137. The summed E-state index contributed by atoms with van der Waals surface area (Å²) in [4.78, 5) is 17.4. The van der Waals surface area contributed by atoms with Gasteiger partial charge in [-0.05, 0) is 35.4 Å². The quantitative estimate of drug-likeness (QED) is 0.663. The predicted octanol–water partition coefficient (Wildman–Crippen LogP) is 3.34. The molecule has 184 valence electrons. The van der Waals surface area contributed by atoms with Crippen LogP contribution in [0.5, 0.6) is 0 Å². The number of hydrogen-bond donors (Lipinski definition) is 1. The van der Waals surface area contributed by atoms with Gasteiger partial charge in [0, 0.05) is 44.8 Å². The largest absolute Gasteiger partial charge is 0.416 e. The molecule has 2 saturated heterocycles. The zero-order chi connectivity index (χ0) is 24.0. The van der Waals surface area contributed by atoms with Gasteiger partial charge in [-0.3, -0.25) is 14.6 Å². The molecule has 1 unspecified atom stereocenters. The van der Waals surface area contributed by atoms with E-state index in [4.69, 9.17) is 9.47 Å². The molecule has 2 aliphatic rings. The van der Waals surface area contributed by atoms with Crippen LogP contribution in [0, 0.1) is 0 Å². The molecule has 0 aromatic heterocycles. The third-order valence-electron chi connectivity index (χ3n) is 6.26. The Hall–Kier alpha value is -2.46. The van der Waals surface area contributed by atoms with Crippen molar-refractivity contribution in [3.05, 3.63) is 70.8 Å². The van der Waals surface area contributed by atoms with Crippen LogP contribution in [0.25, 0.3) is 0 Å². The van der Waals surface area contributed by atoms with Gasteiger partial charge in [0.2, 0.25) is 0 Å². The highest BCUT2D eigenvalue weighted by Gasteiger charge is 2.31. The van der Waals surface area contributed by atoms with Crippen molar-refractivity contribution in [1.29, 1.82) is 0 Å². The summed E-state index contributed by atoms with van der Waals surface area (Å²) in [5.74, 6) is -0.200. The maximum atomic E-state index is 13.0. The monoisotopic (exact) mass is 477 g/mol. The third-order valence-corrected chi connectivity index (χ3v) is 6.26. The number of rotatable bonds is 7. The van der Waals surface area contributed by atoms with Crippen molar-refractivity contribution in [3.8, 4) is 0 Å². The number of nitrogens with zero attached hydrogens (tertiary/aromatic N) is 2. The highest BCUT2D eigenvalue weighted by atomic mass is 19.4. The summed E-state index contributed by atoms with van der Waals surface area (Å²) in [6, 6.07) is 12.5. The molecule has 0 aliphatic carbocycles. The molecule has 0 saturated carbocycles. The van der Waals surface area contributed by atoms with Crippen molar-refractivity contribution < 1.29 is 27.4 Å². The van der Waals surface area contributed by atoms with Crippen molar-refractivity contribution in [2.75, 3.05) is 59.2 Å². The van der Waals surface area contributed by atoms with Crippen molar-refractivity contribution in [1.82, 2.24) is 15.1 Å². The van der Waals surface area contributed by atoms with E-state index in [1.807, 2.05) is 18.2 Å². The van der Waals surface area contributed by atoms with Crippen LogP contribution in [0.3, 0.4) is 0 Å². The number of carbonyl (C=O) groups excluding carboxylic acids is 1. The highest BCUT2D eigenvalue weighted by Crippen LogP contribution is 2.31. The molecule has 9 heteroatoms. The van der Waals surface area contributed by atoms with Crippen molar-refractivity contribution in [3.63, 3.8) is 0 Å². The first-order chi connectivity index (χ1) is 16.4. The maximum Gasteiger partial charge on any atom is 0.416 e. The van der Waals surface area contributed by atoms with Crippen molar-refractivity contribution in [2.24, 2.45) is 0 Å². The number of amides is 1. The Morgan fingerprint density at radius 3 is 2.24 bits per heavy atom. The molecule has 1 amide bonds. The van der Waals surface area contributed by atoms with Crippen LogP contribution < -0.4 is 5.32 Å². The van der Waals surface area contributed by atoms with E-state index in [1.165, 1.54) is 12.1 Å². The molecule has 2 aromatic rings. The van der Waals surface area contributed by atoms with Gasteiger partial charge < -0.3 is 14.8 Å². The van der Waals surface area contributed by atoms with E-state index in [-0.39, 0.29) is 18.5 Å². The Morgan fingerprint density at radius 1 is 0.941 bits per heavy atom. The number of nitrogens with one attached hydrogen (secondary N) is 1. The number of ether oxygens (including phenoxy) is 2. The van der Waals surface area contributed by atoms with Crippen LogP contribution in [0.1, 0.15) is 33.1 Å². The molecule has 34 heavy (non-hydrogen) atoms. The van der Waals surface area contributed by atoms with Crippen LogP contribution in [0.4, 0.5) is 13.2 Å². The molecular formula is C25H30F3N3O3. The van der Waals surface area contributed by atoms with E-state index in [9.17, 15) is 18.0 Å². The first-order valence-electron chi connectivity index (χ1n) is 11.6. The minimum Gasteiger partial charge on any atom is -0.379 e. The van der Waals surface area contributed by atoms with Gasteiger partial charge in [0.1, 0.15) is 0 Å². The SMILES string of the molecule is O=C(NCC(c1ccc(C(F)(F)F)cc1)N1CCOCC1)c1cccc(CN2CCOCC2)c1. The molecule has 2 heterocycles.